The van der Waals surface area contributed by atoms with Crippen LogP contribution in [0.2, 0.25) is 0 Å². The van der Waals surface area contributed by atoms with Gasteiger partial charge < -0.3 is 20.6 Å². The minimum Gasteiger partial charge on any atom is -0.481 e. The first-order chi connectivity index (χ1) is 18.0. The summed E-state index contributed by atoms with van der Waals surface area (Å²) in [6, 6.07) is 10.1. The van der Waals surface area contributed by atoms with E-state index < -0.39 is 12.0 Å². The Balaban J connectivity index is 1.15. The zero-order valence-corrected chi connectivity index (χ0v) is 21.8. The number of amides is 1. The molecule has 1 aliphatic carbocycles. The number of piperidine rings is 1. The molecule has 7 heteroatoms. The SMILES string of the molecule is O=C(O)C[C@@H](NC(=O)[C@@H]1CCCN(CCCc2ccc3c(n2)NCCC3)C1)c1ccc2c(c1)CCCC2. The van der Waals surface area contributed by atoms with E-state index >= 15 is 0 Å². The van der Waals surface area contributed by atoms with Crippen molar-refractivity contribution in [1.29, 1.82) is 0 Å². The van der Waals surface area contributed by atoms with E-state index in [4.69, 9.17) is 4.98 Å². The van der Waals surface area contributed by atoms with Crippen LogP contribution in [0.4, 0.5) is 5.82 Å². The summed E-state index contributed by atoms with van der Waals surface area (Å²) in [5, 5.41) is 16.1. The van der Waals surface area contributed by atoms with Gasteiger partial charge in [0.05, 0.1) is 18.4 Å². The largest absolute Gasteiger partial charge is 0.481 e. The highest BCUT2D eigenvalue weighted by Gasteiger charge is 2.28. The number of likely N-dealkylation sites (tertiary alicyclic amines) is 1. The monoisotopic (exact) mass is 504 g/mol. The van der Waals surface area contributed by atoms with Crippen molar-refractivity contribution in [1.82, 2.24) is 15.2 Å². The molecule has 0 unspecified atom stereocenters. The van der Waals surface area contributed by atoms with Crippen molar-refractivity contribution in [3.05, 3.63) is 58.3 Å². The predicted molar refractivity (Wildman–Crippen MR) is 145 cm³/mol. The molecule has 1 saturated heterocycles. The number of rotatable bonds is 9. The van der Waals surface area contributed by atoms with Gasteiger partial charge in [-0.15, -0.1) is 0 Å². The van der Waals surface area contributed by atoms with Crippen molar-refractivity contribution in [2.45, 2.75) is 76.7 Å². The van der Waals surface area contributed by atoms with Gasteiger partial charge in [-0.25, -0.2) is 4.98 Å². The number of carbonyl (C=O) groups is 2. The molecule has 0 saturated carbocycles. The van der Waals surface area contributed by atoms with Gasteiger partial charge in [0.25, 0.3) is 0 Å². The summed E-state index contributed by atoms with van der Waals surface area (Å²) in [4.78, 5) is 32.1. The Labute approximate surface area is 220 Å². The van der Waals surface area contributed by atoms with Crippen LogP contribution in [0.15, 0.2) is 30.3 Å². The Morgan fingerprint density at radius 3 is 2.73 bits per heavy atom. The van der Waals surface area contributed by atoms with Crippen molar-refractivity contribution < 1.29 is 14.7 Å². The quantitative estimate of drug-likeness (QED) is 0.472. The molecule has 1 fully saturated rings. The fraction of sp³-hybridized carbons (Fsp3) is 0.567. The topological polar surface area (TPSA) is 94.6 Å². The smallest absolute Gasteiger partial charge is 0.305 e. The molecule has 2 atom stereocenters. The van der Waals surface area contributed by atoms with Crippen molar-refractivity contribution in [3.8, 4) is 0 Å². The van der Waals surface area contributed by atoms with Crippen LogP contribution in [0.5, 0.6) is 0 Å². The number of aliphatic carboxylic acids is 1. The number of aryl methyl sites for hydroxylation is 4. The molecule has 1 aromatic heterocycles. The van der Waals surface area contributed by atoms with E-state index in [9.17, 15) is 14.7 Å². The van der Waals surface area contributed by atoms with Crippen molar-refractivity contribution in [2.24, 2.45) is 5.92 Å². The van der Waals surface area contributed by atoms with Gasteiger partial charge in [-0.2, -0.15) is 0 Å². The first-order valence-electron chi connectivity index (χ1n) is 14.1. The van der Waals surface area contributed by atoms with Crippen LogP contribution in [-0.4, -0.2) is 53.0 Å². The van der Waals surface area contributed by atoms with Gasteiger partial charge in [-0.3, -0.25) is 9.59 Å². The second-order valence-electron chi connectivity index (χ2n) is 11.0. The number of carboxylic acids is 1. The fourth-order valence-electron chi connectivity index (χ4n) is 6.15. The first kappa shape index (κ1) is 25.7. The first-order valence-corrected chi connectivity index (χ1v) is 14.1. The maximum Gasteiger partial charge on any atom is 0.305 e. The molecule has 198 valence electrons. The van der Waals surface area contributed by atoms with Crippen LogP contribution >= 0.6 is 0 Å². The van der Waals surface area contributed by atoms with E-state index in [0.29, 0.717) is 0 Å². The van der Waals surface area contributed by atoms with E-state index in [1.807, 2.05) is 6.07 Å². The second kappa shape index (κ2) is 12.1. The number of aromatic nitrogens is 1. The zero-order valence-electron chi connectivity index (χ0n) is 21.8. The third kappa shape index (κ3) is 6.69. The molecule has 3 N–H and O–H groups in total. The number of benzene rings is 1. The summed E-state index contributed by atoms with van der Waals surface area (Å²) >= 11 is 0. The zero-order chi connectivity index (χ0) is 25.6. The van der Waals surface area contributed by atoms with E-state index in [1.54, 1.807) is 0 Å². The lowest BCUT2D eigenvalue weighted by Gasteiger charge is -2.33. The van der Waals surface area contributed by atoms with Gasteiger partial charge in [-0.1, -0.05) is 24.3 Å². The Kier molecular flexibility index (Phi) is 8.39. The van der Waals surface area contributed by atoms with Crippen LogP contribution in [-0.2, 0) is 35.3 Å². The Morgan fingerprint density at radius 2 is 1.86 bits per heavy atom. The van der Waals surface area contributed by atoms with Gasteiger partial charge in [0, 0.05) is 18.8 Å². The molecule has 3 aliphatic rings. The maximum atomic E-state index is 13.3. The predicted octanol–water partition coefficient (Wildman–Crippen LogP) is 4.30. The van der Waals surface area contributed by atoms with E-state index in [-0.39, 0.29) is 18.2 Å². The number of pyridine rings is 1. The summed E-state index contributed by atoms with van der Waals surface area (Å²) < 4.78 is 0. The number of carbonyl (C=O) groups excluding carboxylic acids is 1. The van der Waals surface area contributed by atoms with E-state index in [0.717, 1.165) is 88.2 Å². The normalized spacial score (nSPS) is 20.3. The second-order valence-corrected chi connectivity index (χ2v) is 11.0. The average Bonchev–Trinajstić information content (AvgIpc) is 2.92. The number of nitrogens with zero attached hydrogens (tertiary/aromatic N) is 2. The van der Waals surface area contributed by atoms with E-state index in [1.165, 1.54) is 36.0 Å². The summed E-state index contributed by atoms with van der Waals surface area (Å²) in [6.07, 6.45) is 10.5. The number of nitrogens with one attached hydrogen (secondary N) is 2. The molecular weight excluding hydrogens is 464 g/mol. The van der Waals surface area contributed by atoms with Crippen LogP contribution in [0.3, 0.4) is 0 Å². The van der Waals surface area contributed by atoms with Gasteiger partial charge in [0.15, 0.2) is 0 Å². The molecule has 0 bridgehead atoms. The Hall–Kier alpha value is -2.93. The van der Waals surface area contributed by atoms with Crippen molar-refractivity contribution in [3.63, 3.8) is 0 Å². The lowest BCUT2D eigenvalue weighted by atomic mass is 9.88. The number of hydrogen-bond donors (Lipinski definition) is 3. The average molecular weight is 505 g/mol. The maximum absolute atomic E-state index is 13.3. The van der Waals surface area contributed by atoms with Gasteiger partial charge in [-0.05, 0) is 106 Å². The molecule has 5 rings (SSSR count). The minimum absolute atomic E-state index is 0.0175. The highest BCUT2D eigenvalue weighted by atomic mass is 16.4. The molecule has 2 aromatic rings. The molecule has 0 radical (unpaired) electrons. The molecule has 1 aromatic carbocycles. The summed E-state index contributed by atoms with van der Waals surface area (Å²) in [7, 11) is 0. The number of carboxylic acid groups (broad SMARTS) is 1. The third-order valence-corrected chi connectivity index (χ3v) is 8.21. The molecule has 37 heavy (non-hydrogen) atoms. The van der Waals surface area contributed by atoms with Gasteiger partial charge in [0.1, 0.15) is 5.82 Å². The third-order valence-electron chi connectivity index (χ3n) is 8.21. The van der Waals surface area contributed by atoms with Crippen LogP contribution < -0.4 is 10.6 Å². The van der Waals surface area contributed by atoms with Crippen LogP contribution in [0.25, 0.3) is 0 Å². The fourth-order valence-corrected chi connectivity index (χ4v) is 6.15. The Bertz CT molecular complexity index is 1120. The molecule has 1 amide bonds. The summed E-state index contributed by atoms with van der Waals surface area (Å²) in [5.41, 5.74) is 6.02. The van der Waals surface area contributed by atoms with Crippen LogP contribution in [0.1, 0.15) is 78.9 Å². The van der Waals surface area contributed by atoms with Gasteiger partial charge in [0.2, 0.25) is 5.91 Å². The number of fused-ring (bicyclic) bond motifs is 2. The lowest BCUT2D eigenvalue weighted by molar-refractivity contribution is -0.138. The number of hydrogen-bond acceptors (Lipinski definition) is 5. The standard InChI is InChI=1S/C30H40N4O3/c35-28(36)19-27(24-12-11-21-6-1-2-7-23(21)18-24)33-30(37)25-9-4-16-34(20-25)17-5-10-26-14-13-22-8-3-15-31-29(22)32-26/h11-14,18,25,27H,1-10,15-17,19-20H2,(H,31,32)(H,33,37)(H,35,36)/t25-,27-/m1/s1. The highest BCUT2D eigenvalue weighted by molar-refractivity contribution is 5.80. The van der Waals surface area contributed by atoms with Crippen LogP contribution in [0, 0.1) is 5.92 Å². The highest BCUT2D eigenvalue weighted by Crippen LogP contribution is 2.27. The van der Waals surface area contributed by atoms with Crippen molar-refractivity contribution in [2.75, 3.05) is 31.5 Å². The van der Waals surface area contributed by atoms with Crippen molar-refractivity contribution >= 4 is 17.7 Å². The van der Waals surface area contributed by atoms with E-state index in [2.05, 4.69) is 39.8 Å². The molecule has 7 nitrogen and oxygen atoms in total. The van der Waals surface area contributed by atoms with Gasteiger partial charge >= 0.3 is 5.97 Å². The lowest BCUT2D eigenvalue weighted by Crippen LogP contribution is -2.44. The summed E-state index contributed by atoms with van der Waals surface area (Å²) in [6.45, 7) is 3.68. The molecular formula is C30H40N4O3. The summed E-state index contributed by atoms with van der Waals surface area (Å²) in [5.74, 6) is 0.0393. The molecule has 0 spiro atoms. The molecule has 2 aliphatic heterocycles. The molecule has 3 heterocycles. The Morgan fingerprint density at radius 1 is 1.05 bits per heavy atom. The minimum atomic E-state index is -0.890. The number of anilines is 1.